The molecule has 4 N–H and O–H groups in total. The number of anilines is 1. The summed E-state index contributed by atoms with van der Waals surface area (Å²) < 4.78 is 27.0. The summed E-state index contributed by atoms with van der Waals surface area (Å²) in [4.78, 5) is 0.146. The third-order valence-corrected chi connectivity index (χ3v) is 4.96. The fourth-order valence-electron chi connectivity index (χ4n) is 2.03. The van der Waals surface area contributed by atoms with E-state index in [-0.39, 0.29) is 11.5 Å². The molecule has 5 nitrogen and oxygen atoms in total. The van der Waals surface area contributed by atoms with Gasteiger partial charge in [-0.3, -0.25) is 0 Å². The number of sulfonamides is 1. The number of aliphatic hydroxyl groups is 1. The van der Waals surface area contributed by atoms with Gasteiger partial charge in [-0.25, -0.2) is 13.1 Å². The molecule has 0 atom stereocenters. The monoisotopic (exact) mass is 320 g/mol. The molecule has 0 heterocycles. The Morgan fingerprint density at radius 2 is 1.68 bits per heavy atom. The van der Waals surface area contributed by atoms with Crippen LogP contribution in [0.1, 0.15) is 13.8 Å². The molecule has 0 bridgehead atoms. The van der Waals surface area contributed by atoms with Gasteiger partial charge < -0.3 is 10.8 Å². The molecule has 0 aliphatic rings. The lowest BCUT2D eigenvalue weighted by molar-refractivity contribution is 0.208. The molecule has 2 rings (SSSR count). The number of nitrogens with two attached hydrogens (primary N) is 1. The maximum absolute atomic E-state index is 12.3. The molecule has 118 valence electrons. The summed E-state index contributed by atoms with van der Waals surface area (Å²) in [6, 6.07) is 13.9. The lowest BCUT2D eigenvalue weighted by Crippen LogP contribution is -2.46. The van der Waals surface area contributed by atoms with E-state index >= 15 is 0 Å². The van der Waals surface area contributed by atoms with Crippen molar-refractivity contribution < 1.29 is 13.5 Å². The van der Waals surface area contributed by atoms with Gasteiger partial charge in [-0.1, -0.05) is 30.3 Å². The first-order valence-corrected chi connectivity index (χ1v) is 8.33. The van der Waals surface area contributed by atoms with E-state index in [1.165, 1.54) is 12.1 Å². The second-order valence-electron chi connectivity index (χ2n) is 5.76. The molecule has 2 aromatic rings. The Hall–Kier alpha value is -1.89. The van der Waals surface area contributed by atoms with Crippen LogP contribution in [0.3, 0.4) is 0 Å². The maximum atomic E-state index is 12.3. The summed E-state index contributed by atoms with van der Waals surface area (Å²) >= 11 is 0. The predicted molar refractivity (Wildman–Crippen MR) is 87.8 cm³/mol. The second kappa shape index (κ2) is 6.08. The zero-order chi connectivity index (χ0) is 16.4. The van der Waals surface area contributed by atoms with Gasteiger partial charge in [-0.15, -0.1) is 0 Å². The Morgan fingerprint density at radius 3 is 2.23 bits per heavy atom. The lowest BCUT2D eigenvalue weighted by atomic mass is 10.0. The molecule has 0 fully saturated rings. The van der Waals surface area contributed by atoms with Gasteiger partial charge in [-0.05, 0) is 37.6 Å². The van der Waals surface area contributed by atoms with E-state index in [4.69, 9.17) is 5.73 Å². The number of aliphatic hydroxyl groups excluding tert-OH is 1. The Morgan fingerprint density at radius 1 is 1.09 bits per heavy atom. The Labute approximate surface area is 130 Å². The minimum atomic E-state index is -3.68. The standard InChI is InChI=1S/C16H20N2O3S/c1-16(2,11-19)18-22(20,21)13-9-7-12(8-10-13)14-5-3-4-6-15(14)17/h3-10,18-19H,11,17H2,1-2H3. The summed E-state index contributed by atoms with van der Waals surface area (Å²) in [5.41, 5.74) is 7.34. The van der Waals surface area contributed by atoms with Crippen LogP contribution in [0.4, 0.5) is 5.69 Å². The predicted octanol–water partition coefficient (Wildman–Crippen LogP) is 1.98. The van der Waals surface area contributed by atoms with Gasteiger partial charge in [0.25, 0.3) is 0 Å². The normalized spacial score (nSPS) is 12.3. The average molecular weight is 320 g/mol. The largest absolute Gasteiger partial charge is 0.398 e. The smallest absolute Gasteiger partial charge is 0.241 e. The lowest BCUT2D eigenvalue weighted by Gasteiger charge is -2.23. The van der Waals surface area contributed by atoms with Crippen molar-refractivity contribution in [3.8, 4) is 11.1 Å². The number of hydrogen-bond acceptors (Lipinski definition) is 4. The molecule has 0 radical (unpaired) electrons. The van der Waals surface area contributed by atoms with Crippen molar-refractivity contribution in [3.05, 3.63) is 48.5 Å². The van der Waals surface area contributed by atoms with E-state index in [0.717, 1.165) is 11.1 Å². The number of benzene rings is 2. The van der Waals surface area contributed by atoms with Gasteiger partial charge in [0.05, 0.1) is 17.0 Å². The summed E-state index contributed by atoms with van der Waals surface area (Å²) in [5, 5.41) is 9.19. The summed E-state index contributed by atoms with van der Waals surface area (Å²) in [5.74, 6) is 0. The highest BCUT2D eigenvalue weighted by molar-refractivity contribution is 7.89. The first-order chi connectivity index (χ1) is 10.2. The van der Waals surface area contributed by atoms with Crippen LogP contribution in [0.15, 0.2) is 53.4 Å². The zero-order valence-corrected chi connectivity index (χ0v) is 13.4. The van der Waals surface area contributed by atoms with Crippen molar-refractivity contribution in [2.45, 2.75) is 24.3 Å². The van der Waals surface area contributed by atoms with Crippen LogP contribution in [-0.4, -0.2) is 25.7 Å². The minimum absolute atomic E-state index is 0.146. The number of para-hydroxylation sites is 1. The van der Waals surface area contributed by atoms with E-state index in [0.29, 0.717) is 5.69 Å². The van der Waals surface area contributed by atoms with Crippen LogP contribution in [0.5, 0.6) is 0 Å². The van der Waals surface area contributed by atoms with Crippen molar-refractivity contribution in [2.24, 2.45) is 0 Å². The molecule has 22 heavy (non-hydrogen) atoms. The quantitative estimate of drug-likeness (QED) is 0.735. The topological polar surface area (TPSA) is 92.4 Å². The first-order valence-electron chi connectivity index (χ1n) is 6.85. The second-order valence-corrected chi connectivity index (χ2v) is 7.44. The van der Waals surface area contributed by atoms with Crippen LogP contribution >= 0.6 is 0 Å². The molecule has 0 saturated heterocycles. The van der Waals surface area contributed by atoms with Crippen LogP contribution in [0, 0.1) is 0 Å². The fourth-order valence-corrected chi connectivity index (χ4v) is 3.43. The molecule has 0 aliphatic carbocycles. The highest BCUT2D eigenvalue weighted by Gasteiger charge is 2.25. The van der Waals surface area contributed by atoms with E-state index in [1.807, 2.05) is 18.2 Å². The van der Waals surface area contributed by atoms with Crippen molar-refractivity contribution in [3.63, 3.8) is 0 Å². The van der Waals surface area contributed by atoms with Crippen molar-refractivity contribution >= 4 is 15.7 Å². The van der Waals surface area contributed by atoms with Gasteiger partial charge in [-0.2, -0.15) is 0 Å². The van der Waals surface area contributed by atoms with Crippen molar-refractivity contribution in [1.29, 1.82) is 0 Å². The van der Waals surface area contributed by atoms with Gasteiger partial charge >= 0.3 is 0 Å². The minimum Gasteiger partial charge on any atom is -0.398 e. The van der Waals surface area contributed by atoms with Gasteiger partial charge in [0.1, 0.15) is 0 Å². The summed E-state index contributed by atoms with van der Waals surface area (Å²) in [7, 11) is -3.68. The van der Waals surface area contributed by atoms with Gasteiger partial charge in [0.2, 0.25) is 10.0 Å². The third kappa shape index (κ3) is 3.65. The van der Waals surface area contributed by atoms with Crippen LogP contribution < -0.4 is 10.5 Å². The molecule has 0 unspecified atom stereocenters. The van der Waals surface area contributed by atoms with Crippen LogP contribution in [0.25, 0.3) is 11.1 Å². The molecule has 0 aliphatic heterocycles. The molecular weight excluding hydrogens is 300 g/mol. The number of rotatable bonds is 5. The third-order valence-electron chi connectivity index (χ3n) is 3.24. The van der Waals surface area contributed by atoms with E-state index in [1.54, 1.807) is 32.0 Å². The molecule has 0 spiro atoms. The van der Waals surface area contributed by atoms with Crippen LogP contribution in [-0.2, 0) is 10.0 Å². The number of nitrogens with one attached hydrogen (secondary N) is 1. The summed E-state index contributed by atoms with van der Waals surface area (Å²) in [6.07, 6.45) is 0. The molecule has 6 heteroatoms. The number of nitrogen functional groups attached to an aromatic ring is 1. The van der Waals surface area contributed by atoms with E-state index < -0.39 is 15.6 Å². The van der Waals surface area contributed by atoms with Gasteiger partial charge in [0.15, 0.2) is 0 Å². The Bertz CT molecular complexity index is 753. The maximum Gasteiger partial charge on any atom is 0.241 e. The zero-order valence-electron chi connectivity index (χ0n) is 12.6. The Balaban J connectivity index is 2.31. The highest BCUT2D eigenvalue weighted by atomic mass is 32.2. The molecule has 2 aromatic carbocycles. The Kier molecular flexibility index (Phi) is 4.55. The van der Waals surface area contributed by atoms with E-state index in [2.05, 4.69) is 4.72 Å². The van der Waals surface area contributed by atoms with Crippen LogP contribution in [0.2, 0.25) is 0 Å². The average Bonchev–Trinajstić information content (AvgIpc) is 2.47. The number of hydrogen-bond donors (Lipinski definition) is 3. The van der Waals surface area contributed by atoms with Gasteiger partial charge in [0, 0.05) is 11.3 Å². The fraction of sp³-hybridized carbons (Fsp3) is 0.250. The molecule has 0 saturated carbocycles. The summed E-state index contributed by atoms with van der Waals surface area (Å²) in [6.45, 7) is 2.94. The first kappa shape index (κ1) is 16.5. The molecule has 0 aromatic heterocycles. The van der Waals surface area contributed by atoms with Crippen molar-refractivity contribution in [2.75, 3.05) is 12.3 Å². The molecule has 0 amide bonds. The highest BCUT2D eigenvalue weighted by Crippen LogP contribution is 2.26. The van der Waals surface area contributed by atoms with Crippen molar-refractivity contribution in [1.82, 2.24) is 4.72 Å². The molecular formula is C16H20N2O3S. The SMILES string of the molecule is CC(C)(CO)NS(=O)(=O)c1ccc(-c2ccccc2N)cc1. The van der Waals surface area contributed by atoms with E-state index in [9.17, 15) is 13.5 Å².